The van der Waals surface area contributed by atoms with Gasteiger partial charge in [0.05, 0.1) is 4.90 Å². The number of fused-ring (bicyclic) bond motifs is 1. The van der Waals surface area contributed by atoms with E-state index in [0.717, 1.165) is 41.5 Å². The summed E-state index contributed by atoms with van der Waals surface area (Å²) in [6.45, 7) is 3.89. The number of nitrogens with zero attached hydrogens (tertiary/aromatic N) is 1. The Morgan fingerprint density at radius 1 is 1.06 bits per heavy atom. The van der Waals surface area contributed by atoms with E-state index in [2.05, 4.69) is 26.0 Å². The Kier molecular flexibility index (Phi) is 7.69. The van der Waals surface area contributed by atoms with Gasteiger partial charge in [-0.2, -0.15) is 0 Å². The van der Waals surface area contributed by atoms with Gasteiger partial charge >= 0.3 is 5.97 Å². The minimum atomic E-state index is -3.79. The van der Waals surface area contributed by atoms with Gasteiger partial charge in [0.1, 0.15) is 5.76 Å². The van der Waals surface area contributed by atoms with Crippen molar-refractivity contribution in [3.63, 3.8) is 0 Å². The maximum absolute atomic E-state index is 13.6. The van der Waals surface area contributed by atoms with Crippen LogP contribution in [0.3, 0.4) is 0 Å². The van der Waals surface area contributed by atoms with Gasteiger partial charge in [-0.25, -0.2) is 13.2 Å². The molecule has 0 saturated heterocycles. The van der Waals surface area contributed by atoms with Crippen LogP contribution in [0, 0.1) is 0 Å². The molecule has 0 heterocycles. The lowest BCUT2D eigenvalue weighted by Gasteiger charge is -2.26. The minimum Gasteiger partial charge on any atom is -0.486 e. The molecule has 0 saturated carbocycles. The molecule has 0 bridgehead atoms. The van der Waals surface area contributed by atoms with Crippen molar-refractivity contribution in [1.29, 1.82) is 0 Å². The van der Waals surface area contributed by atoms with Gasteiger partial charge in [-0.05, 0) is 66.0 Å². The largest absolute Gasteiger partial charge is 0.486 e. The molecule has 4 rings (SSSR count). The first-order chi connectivity index (χ1) is 17.2. The van der Waals surface area contributed by atoms with Gasteiger partial charge in [-0.1, -0.05) is 62.4 Å². The molecular weight excluding hydrogens is 474 g/mol. The van der Waals surface area contributed by atoms with E-state index < -0.39 is 22.6 Å². The third-order valence-corrected chi connectivity index (χ3v) is 8.61. The number of aliphatic carboxylic acids is 1. The highest BCUT2D eigenvalue weighted by atomic mass is 32.2. The number of carboxylic acids is 1. The van der Waals surface area contributed by atoms with Crippen LogP contribution in [0.2, 0.25) is 0 Å². The lowest BCUT2D eigenvalue weighted by molar-refractivity contribution is -0.140. The number of sulfonamides is 1. The van der Waals surface area contributed by atoms with Crippen molar-refractivity contribution in [2.45, 2.75) is 56.8 Å². The maximum atomic E-state index is 13.6. The SMILES string of the molecule is CC(C)c1cccc(-c2ccc(S(=O)(=O)N(C)C3=C4C=CCC(OCC(=O)O)=C4CCCC3)cc2)c1. The molecule has 0 spiro atoms. The molecule has 0 unspecified atom stereocenters. The first-order valence-electron chi connectivity index (χ1n) is 12.3. The van der Waals surface area contributed by atoms with Crippen LogP contribution >= 0.6 is 0 Å². The molecule has 1 N–H and O–H groups in total. The summed E-state index contributed by atoms with van der Waals surface area (Å²) in [5.74, 6) is -0.000599. The molecule has 7 heteroatoms. The Bertz CT molecular complexity index is 1330. The Labute approximate surface area is 213 Å². The fraction of sp³-hybridized carbons (Fsp3) is 0.345. The summed E-state index contributed by atoms with van der Waals surface area (Å²) in [6, 6.07) is 15.4. The maximum Gasteiger partial charge on any atom is 0.341 e. The standard InChI is InChI=1S/C29H33NO5S/c1-20(2)22-8-6-9-23(18-22)21-14-16-24(17-15-21)36(33,34)30(3)27-12-5-4-10-26-25(27)11-7-13-28(26)35-19-29(31)32/h6-9,11,14-18,20H,4-5,10,12-13,19H2,1-3H3,(H,31,32). The van der Waals surface area contributed by atoms with Gasteiger partial charge < -0.3 is 9.84 Å². The van der Waals surface area contributed by atoms with E-state index in [4.69, 9.17) is 9.84 Å². The second kappa shape index (κ2) is 10.7. The summed E-state index contributed by atoms with van der Waals surface area (Å²) in [7, 11) is -2.19. The van der Waals surface area contributed by atoms with Crippen molar-refractivity contribution in [3.05, 3.63) is 88.8 Å². The second-order valence-electron chi connectivity index (χ2n) is 9.54. The first-order valence-corrected chi connectivity index (χ1v) is 13.8. The van der Waals surface area contributed by atoms with E-state index in [0.29, 0.717) is 30.2 Å². The summed E-state index contributed by atoms with van der Waals surface area (Å²) in [5.41, 5.74) is 5.71. The van der Waals surface area contributed by atoms with Crippen molar-refractivity contribution < 1.29 is 23.1 Å². The van der Waals surface area contributed by atoms with E-state index in [1.54, 1.807) is 19.2 Å². The monoisotopic (exact) mass is 507 g/mol. The van der Waals surface area contributed by atoms with Crippen molar-refractivity contribution in [3.8, 4) is 11.1 Å². The molecule has 36 heavy (non-hydrogen) atoms. The molecule has 2 aromatic carbocycles. The Balaban J connectivity index is 1.66. The molecule has 0 fully saturated rings. The Morgan fingerprint density at radius 2 is 1.78 bits per heavy atom. The molecule has 2 aliphatic rings. The van der Waals surface area contributed by atoms with Crippen LogP contribution in [-0.2, 0) is 19.6 Å². The van der Waals surface area contributed by atoms with Crippen LogP contribution < -0.4 is 0 Å². The van der Waals surface area contributed by atoms with Crippen LogP contribution in [0.25, 0.3) is 11.1 Å². The van der Waals surface area contributed by atoms with E-state index >= 15 is 0 Å². The lowest BCUT2D eigenvalue weighted by atomic mass is 9.94. The van der Waals surface area contributed by atoms with Gasteiger partial charge in [-0.3, -0.25) is 4.31 Å². The molecule has 6 nitrogen and oxygen atoms in total. The van der Waals surface area contributed by atoms with E-state index in [1.807, 2.05) is 36.4 Å². The number of rotatable bonds is 8. The number of allylic oxidation sites excluding steroid dienone is 5. The zero-order valence-corrected chi connectivity index (χ0v) is 21.8. The van der Waals surface area contributed by atoms with Gasteiger partial charge in [0.2, 0.25) is 0 Å². The molecule has 0 aromatic heterocycles. The highest BCUT2D eigenvalue weighted by molar-refractivity contribution is 7.89. The summed E-state index contributed by atoms with van der Waals surface area (Å²) in [4.78, 5) is 11.3. The van der Waals surface area contributed by atoms with Crippen molar-refractivity contribution in [2.75, 3.05) is 13.7 Å². The quantitative estimate of drug-likeness (QED) is 0.457. The summed E-state index contributed by atoms with van der Waals surface area (Å²) < 4.78 is 34.3. The number of hydrogen-bond donors (Lipinski definition) is 1. The average molecular weight is 508 g/mol. The number of carbonyl (C=O) groups is 1. The van der Waals surface area contributed by atoms with E-state index in [9.17, 15) is 13.2 Å². The zero-order valence-electron chi connectivity index (χ0n) is 21.0. The minimum absolute atomic E-state index is 0.235. The van der Waals surface area contributed by atoms with Crippen molar-refractivity contribution in [2.24, 2.45) is 0 Å². The van der Waals surface area contributed by atoms with Crippen LogP contribution in [0.15, 0.2) is 88.2 Å². The Hall–Kier alpha value is -3.32. The predicted molar refractivity (Wildman–Crippen MR) is 141 cm³/mol. The number of ether oxygens (including phenoxy) is 1. The normalized spacial score (nSPS) is 16.1. The Morgan fingerprint density at radius 3 is 2.47 bits per heavy atom. The number of benzene rings is 2. The van der Waals surface area contributed by atoms with Crippen molar-refractivity contribution >= 4 is 16.0 Å². The molecule has 190 valence electrons. The smallest absolute Gasteiger partial charge is 0.341 e. The highest BCUT2D eigenvalue weighted by Crippen LogP contribution is 2.38. The third kappa shape index (κ3) is 5.41. The summed E-state index contributed by atoms with van der Waals surface area (Å²) >= 11 is 0. The summed E-state index contributed by atoms with van der Waals surface area (Å²) in [5, 5.41) is 9.03. The van der Waals surface area contributed by atoms with E-state index in [1.165, 1.54) is 9.87 Å². The predicted octanol–water partition coefficient (Wildman–Crippen LogP) is 6.24. The summed E-state index contributed by atoms with van der Waals surface area (Å²) in [6.07, 6.45) is 7.43. The fourth-order valence-electron chi connectivity index (χ4n) is 4.75. The molecule has 2 aliphatic carbocycles. The van der Waals surface area contributed by atoms with Gasteiger partial charge in [0, 0.05) is 24.7 Å². The average Bonchev–Trinajstić information content (AvgIpc) is 3.10. The van der Waals surface area contributed by atoms with Crippen molar-refractivity contribution in [1.82, 2.24) is 4.31 Å². The third-order valence-electron chi connectivity index (χ3n) is 6.80. The molecular formula is C29H33NO5S. The molecule has 0 radical (unpaired) electrons. The highest BCUT2D eigenvalue weighted by Gasteiger charge is 2.29. The lowest BCUT2D eigenvalue weighted by Crippen LogP contribution is -2.27. The number of carboxylic acid groups (broad SMARTS) is 1. The number of hydrogen-bond acceptors (Lipinski definition) is 4. The van der Waals surface area contributed by atoms with Crippen LogP contribution in [0.4, 0.5) is 0 Å². The van der Waals surface area contributed by atoms with Gasteiger partial charge in [0.15, 0.2) is 6.61 Å². The molecule has 2 aromatic rings. The van der Waals surface area contributed by atoms with Crippen LogP contribution in [0.5, 0.6) is 0 Å². The fourth-order valence-corrected chi connectivity index (χ4v) is 6.03. The first kappa shape index (κ1) is 25.8. The topological polar surface area (TPSA) is 83.9 Å². The molecule has 0 atom stereocenters. The van der Waals surface area contributed by atoms with Gasteiger partial charge in [-0.15, -0.1) is 0 Å². The van der Waals surface area contributed by atoms with Crippen LogP contribution in [0.1, 0.15) is 57.4 Å². The molecule has 0 aliphatic heterocycles. The van der Waals surface area contributed by atoms with E-state index in [-0.39, 0.29) is 4.90 Å². The van der Waals surface area contributed by atoms with Crippen LogP contribution in [-0.4, -0.2) is 37.5 Å². The van der Waals surface area contributed by atoms with Gasteiger partial charge in [0.25, 0.3) is 10.0 Å². The second-order valence-corrected chi connectivity index (χ2v) is 11.5. The molecule has 0 amide bonds. The zero-order chi connectivity index (χ0) is 25.9.